The molecule has 0 aliphatic carbocycles. The molecule has 24 nitrogen and oxygen atoms in total. The number of H-pyrrole nitrogens is 3. The number of carboxylic acid groups (broad SMARTS) is 1. The number of nitrogens with one attached hydrogen (secondary N) is 10. The summed E-state index contributed by atoms with van der Waals surface area (Å²) in [4.78, 5) is 142. The fourth-order valence-corrected chi connectivity index (χ4v) is 8.19. The number of nitrogens with zero attached hydrogens (tertiary/aromatic N) is 3. The minimum atomic E-state index is -1.33. The van der Waals surface area contributed by atoms with Crippen molar-refractivity contribution in [3.8, 4) is 0 Å². The second-order valence-corrected chi connectivity index (χ2v) is 18.0. The van der Waals surface area contributed by atoms with E-state index in [0.717, 1.165) is 16.5 Å². The smallest absolute Gasteiger partial charge is 0.303 e. The number of carbonyl (C=O) groups excluding carboxylic acids is 8. The van der Waals surface area contributed by atoms with E-state index in [9.17, 15) is 48.3 Å². The standard InChI is InChI=1S/C47H65N13O11/c1-26(2)15-37(28(4)61)57-44(67)38(16-30-19-50-35-11-7-6-10-34(30)35)58-43(66)27(3)54-41(63)22-53-71-23-33-9-8-14-60(33)47(70)36(12-13-42(64)65)56-46(69)40(18-32-21-49-25-52-32)59-45(68)39(55-29(5)62)17-31-20-48-24-51-31/h6-7,10-11,19-21,24-27,33,36-40,50,53H,8-9,12-18,22-23H2,1-5H3,(H,48,51)(H,49,52)(H,54,63)(H,55,62)(H,56,69)(H,57,67)(H,58,66)(H,59,68)(H,64,65)/t27-,33-,36-,37-,38-,39-,40-/m0/s1. The first-order valence-electron chi connectivity index (χ1n) is 23.5. The van der Waals surface area contributed by atoms with Crippen LogP contribution in [0.25, 0.3) is 10.9 Å². The number of likely N-dealkylation sites (tertiary alicyclic amines) is 1. The summed E-state index contributed by atoms with van der Waals surface area (Å²) >= 11 is 0. The first-order valence-corrected chi connectivity index (χ1v) is 23.5. The van der Waals surface area contributed by atoms with E-state index in [-0.39, 0.29) is 50.5 Å². The summed E-state index contributed by atoms with van der Waals surface area (Å²) in [5.41, 5.74) is 5.16. The minimum Gasteiger partial charge on any atom is -0.481 e. The number of rotatable bonds is 28. The van der Waals surface area contributed by atoms with E-state index in [0.29, 0.717) is 30.7 Å². The number of aromatic nitrogens is 5. The van der Waals surface area contributed by atoms with Gasteiger partial charge in [-0.3, -0.25) is 48.0 Å². The maximum atomic E-state index is 14.1. The molecule has 4 aromatic rings. The molecule has 0 bridgehead atoms. The van der Waals surface area contributed by atoms with Crippen LogP contribution >= 0.6 is 0 Å². The zero-order chi connectivity index (χ0) is 51.6. The van der Waals surface area contributed by atoms with E-state index in [1.165, 1.54) is 50.7 Å². The number of imidazole rings is 2. The van der Waals surface area contributed by atoms with Gasteiger partial charge in [-0.05, 0) is 57.1 Å². The molecule has 384 valence electrons. The molecular weight excluding hydrogens is 923 g/mol. The van der Waals surface area contributed by atoms with Gasteiger partial charge in [0.25, 0.3) is 0 Å². The molecule has 1 aliphatic rings. The van der Waals surface area contributed by atoms with E-state index in [4.69, 9.17) is 4.84 Å². The van der Waals surface area contributed by atoms with Gasteiger partial charge in [0.1, 0.15) is 30.2 Å². The topological polar surface area (TPSA) is 344 Å². The molecule has 5 rings (SSSR count). The maximum absolute atomic E-state index is 14.1. The molecule has 0 radical (unpaired) electrons. The first-order chi connectivity index (χ1) is 33.9. The Bertz CT molecular complexity index is 2460. The highest BCUT2D eigenvalue weighted by atomic mass is 16.6. The highest BCUT2D eigenvalue weighted by Gasteiger charge is 2.37. The molecule has 0 saturated carbocycles. The average molecular weight is 988 g/mol. The Kier molecular flexibility index (Phi) is 20.3. The molecule has 1 aliphatic heterocycles. The fraction of sp³-hybridized carbons (Fsp3) is 0.511. The zero-order valence-corrected chi connectivity index (χ0v) is 40.5. The van der Waals surface area contributed by atoms with Crippen molar-refractivity contribution in [2.45, 2.75) is 128 Å². The Morgan fingerprint density at radius 3 is 1.93 bits per heavy atom. The van der Waals surface area contributed by atoms with Gasteiger partial charge >= 0.3 is 5.97 Å². The van der Waals surface area contributed by atoms with Gasteiger partial charge in [0, 0.05) is 80.0 Å². The number of hydrogen-bond acceptors (Lipinski definition) is 13. The number of ketones is 1. The summed E-state index contributed by atoms with van der Waals surface area (Å²) in [6.45, 7) is 7.70. The van der Waals surface area contributed by atoms with E-state index in [2.05, 4.69) is 62.3 Å². The number of aromatic amines is 3. The van der Waals surface area contributed by atoms with Crippen LogP contribution in [0.3, 0.4) is 0 Å². The number of benzene rings is 1. The Hall–Kier alpha value is -7.47. The number of hydrogen-bond donors (Lipinski definition) is 11. The number of hydroxylamine groups is 1. The lowest BCUT2D eigenvalue weighted by Gasteiger charge is -2.30. The van der Waals surface area contributed by atoms with Crippen molar-refractivity contribution >= 4 is 64.0 Å². The number of carboxylic acids is 1. The van der Waals surface area contributed by atoms with Crippen LogP contribution in [-0.4, -0.2) is 150 Å². The van der Waals surface area contributed by atoms with Crippen LogP contribution in [0.4, 0.5) is 0 Å². The molecule has 0 spiro atoms. The van der Waals surface area contributed by atoms with Crippen LogP contribution in [0.2, 0.25) is 0 Å². The SMILES string of the molecule is CC(=O)N[C@@H](Cc1cnc[nH]1)C(=O)N[C@@H](Cc1cnc[nH]1)C(=O)N[C@@H](CCC(=O)O)C(=O)N1CCC[C@H]1CONCC(=O)N[C@@H](C)C(=O)N[C@@H](Cc1c[nH]c2ccccc12)C(=O)N[C@@H](CC(C)C)C(C)=O. The maximum Gasteiger partial charge on any atom is 0.303 e. The van der Waals surface area contributed by atoms with Crippen molar-refractivity contribution in [2.24, 2.45) is 5.92 Å². The number of fused-ring (bicyclic) bond motifs is 1. The lowest BCUT2D eigenvalue weighted by Crippen LogP contribution is -2.58. The molecule has 1 fully saturated rings. The molecule has 7 atom stereocenters. The zero-order valence-electron chi connectivity index (χ0n) is 40.5. The minimum absolute atomic E-state index is 0.0248. The van der Waals surface area contributed by atoms with Crippen molar-refractivity contribution in [2.75, 3.05) is 19.7 Å². The highest BCUT2D eigenvalue weighted by molar-refractivity contribution is 5.96. The van der Waals surface area contributed by atoms with Crippen molar-refractivity contribution in [3.63, 3.8) is 0 Å². The van der Waals surface area contributed by atoms with Gasteiger partial charge in [0.05, 0.1) is 37.9 Å². The molecule has 1 aromatic carbocycles. The van der Waals surface area contributed by atoms with Gasteiger partial charge in [0.15, 0.2) is 5.78 Å². The number of Topliss-reactive ketones (excluding diaryl/α,β-unsaturated/α-hetero) is 1. The van der Waals surface area contributed by atoms with Gasteiger partial charge in [0.2, 0.25) is 41.4 Å². The summed E-state index contributed by atoms with van der Waals surface area (Å²) in [6.07, 6.45) is 8.21. The second-order valence-electron chi connectivity index (χ2n) is 18.0. The highest BCUT2D eigenvalue weighted by Crippen LogP contribution is 2.21. The Morgan fingerprint density at radius 1 is 0.746 bits per heavy atom. The predicted octanol–water partition coefficient (Wildman–Crippen LogP) is -0.397. The van der Waals surface area contributed by atoms with Crippen molar-refractivity contribution < 1.29 is 53.1 Å². The fourth-order valence-electron chi connectivity index (χ4n) is 8.19. The molecular formula is C47H65N13O11. The van der Waals surface area contributed by atoms with Gasteiger partial charge in [-0.1, -0.05) is 32.0 Å². The van der Waals surface area contributed by atoms with Gasteiger partial charge in [-0.25, -0.2) is 9.97 Å². The third-order valence-electron chi connectivity index (χ3n) is 11.8. The molecule has 71 heavy (non-hydrogen) atoms. The Morgan fingerprint density at radius 2 is 1.34 bits per heavy atom. The normalized spacial score (nSPS) is 16.0. The third-order valence-corrected chi connectivity index (χ3v) is 11.8. The molecule has 7 amide bonds. The molecule has 24 heteroatoms. The van der Waals surface area contributed by atoms with Crippen molar-refractivity contribution in [3.05, 3.63) is 72.5 Å². The van der Waals surface area contributed by atoms with Crippen LogP contribution in [0.1, 0.15) is 83.7 Å². The van der Waals surface area contributed by atoms with E-state index in [1.54, 1.807) is 6.20 Å². The lowest BCUT2D eigenvalue weighted by atomic mass is 9.99. The summed E-state index contributed by atoms with van der Waals surface area (Å²) < 4.78 is 0. The number of amides is 7. The van der Waals surface area contributed by atoms with Gasteiger partial charge < -0.3 is 56.9 Å². The lowest BCUT2D eigenvalue weighted by molar-refractivity contribution is -0.141. The number of carbonyl (C=O) groups is 9. The van der Waals surface area contributed by atoms with E-state index >= 15 is 0 Å². The molecule has 11 N–H and O–H groups in total. The molecule has 0 unspecified atom stereocenters. The van der Waals surface area contributed by atoms with Gasteiger partial charge in [-0.2, -0.15) is 5.48 Å². The second kappa shape index (κ2) is 26.5. The van der Waals surface area contributed by atoms with Gasteiger partial charge in [-0.15, -0.1) is 0 Å². The molecule has 3 aromatic heterocycles. The largest absolute Gasteiger partial charge is 0.481 e. The molecule has 4 heterocycles. The van der Waals surface area contributed by atoms with Crippen LogP contribution in [-0.2, 0) is 67.3 Å². The van der Waals surface area contributed by atoms with Crippen LogP contribution in [0.15, 0.2) is 55.5 Å². The Balaban J connectivity index is 1.17. The Labute approximate surface area is 409 Å². The summed E-state index contributed by atoms with van der Waals surface area (Å²) in [5.74, 6) is -5.72. The summed E-state index contributed by atoms with van der Waals surface area (Å²) in [7, 11) is 0. The first kappa shape index (κ1) is 54.5. The van der Waals surface area contributed by atoms with Crippen LogP contribution < -0.4 is 37.4 Å². The predicted molar refractivity (Wildman–Crippen MR) is 255 cm³/mol. The van der Waals surface area contributed by atoms with E-state index < -0.39 is 103 Å². The third kappa shape index (κ3) is 16.9. The van der Waals surface area contributed by atoms with Crippen LogP contribution in [0.5, 0.6) is 0 Å². The van der Waals surface area contributed by atoms with Crippen LogP contribution in [0, 0.1) is 5.92 Å². The summed E-state index contributed by atoms with van der Waals surface area (Å²) in [5, 5.41) is 26.4. The monoisotopic (exact) mass is 987 g/mol. The van der Waals surface area contributed by atoms with E-state index in [1.807, 2.05) is 38.1 Å². The van der Waals surface area contributed by atoms with Crippen molar-refractivity contribution in [1.29, 1.82) is 0 Å². The molecule has 1 saturated heterocycles. The quantitative estimate of drug-likeness (QED) is 0.0255. The average Bonchev–Trinajstić information content (AvgIpc) is 4.17. The summed E-state index contributed by atoms with van der Waals surface area (Å²) in [6, 6.07) is 0.267. The number of para-hydroxylation sites is 1. The number of aliphatic carboxylic acids is 1. The van der Waals surface area contributed by atoms with Crippen molar-refractivity contribution in [1.82, 2.24) is 67.2 Å².